The molecule has 0 aromatic heterocycles. The molecule has 0 spiro atoms. The Bertz CT molecular complexity index is 384. The molecule has 1 fully saturated rings. The summed E-state index contributed by atoms with van der Waals surface area (Å²) in [6.45, 7) is 0.696. The van der Waals surface area contributed by atoms with E-state index in [9.17, 15) is 4.39 Å². The molecule has 1 aliphatic carbocycles. The van der Waals surface area contributed by atoms with Crippen LogP contribution in [-0.4, -0.2) is 19.7 Å². The number of halogens is 1. The molecule has 0 heterocycles. The van der Waals surface area contributed by atoms with Gasteiger partial charge in [0.25, 0.3) is 0 Å². The topological polar surface area (TPSA) is 47.3 Å². The zero-order valence-corrected chi connectivity index (χ0v) is 10.1. The van der Waals surface area contributed by atoms with E-state index in [4.69, 9.17) is 10.5 Å². The summed E-state index contributed by atoms with van der Waals surface area (Å²) in [6, 6.07) is 4.94. The number of nitrogens with one attached hydrogen (secondary N) is 1. The molecule has 0 amide bonds. The van der Waals surface area contributed by atoms with E-state index < -0.39 is 0 Å². The highest BCUT2D eigenvalue weighted by molar-refractivity contribution is 5.57. The van der Waals surface area contributed by atoms with E-state index in [-0.39, 0.29) is 5.82 Å². The lowest BCUT2D eigenvalue weighted by molar-refractivity contribution is 0.411. The van der Waals surface area contributed by atoms with E-state index in [2.05, 4.69) is 5.32 Å². The molecular formula is C13H19FN2O. The first-order chi connectivity index (χ1) is 8.24. The molecule has 1 aliphatic rings. The predicted octanol–water partition coefficient (Wildman–Crippen LogP) is 2.37. The number of anilines is 1. The maximum Gasteiger partial charge on any atom is 0.144 e. The van der Waals surface area contributed by atoms with E-state index in [0.29, 0.717) is 24.3 Å². The largest absolute Gasteiger partial charge is 0.494 e. The molecule has 2 atom stereocenters. The molecule has 0 aliphatic heterocycles. The van der Waals surface area contributed by atoms with E-state index in [1.165, 1.54) is 18.6 Å². The van der Waals surface area contributed by atoms with Crippen LogP contribution in [0, 0.1) is 11.7 Å². The Kier molecular flexibility index (Phi) is 3.84. The normalized spacial score (nSPS) is 23.7. The van der Waals surface area contributed by atoms with Gasteiger partial charge in [-0.3, -0.25) is 0 Å². The highest BCUT2D eigenvalue weighted by atomic mass is 19.1. The Morgan fingerprint density at radius 3 is 3.00 bits per heavy atom. The maximum absolute atomic E-state index is 13.1. The molecule has 94 valence electrons. The van der Waals surface area contributed by atoms with E-state index in [1.807, 2.05) is 0 Å². The molecule has 1 saturated carbocycles. The van der Waals surface area contributed by atoms with Crippen LogP contribution in [0.4, 0.5) is 10.1 Å². The van der Waals surface area contributed by atoms with Gasteiger partial charge in [0.1, 0.15) is 11.6 Å². The lowest BCUT2D eigenvalue weighted by Crippen LogP contribution is -2.29. The summed E-state index contributed by atoms with van der Waals surface area (Å²) in [5.74, 6) is 0.770. The fourth-order valence-corrected chi connectivity index (χ4v) is 2.49. The van der Waals surface area contributed by atoms with Gasteiger partial charge in [-0.2, -0.15) is 0 Å². The molecule has 3 nitrogen and oxygen atoms in total. The fraction of sp³-hybridized carbons (Fsp3) is 0.538. The average molecular weight is 238 g/mol. The third kappa shape index (κ3) is 2.69. The zero-order valence-electron chi connectivity index (χ0n) is 10.1. The van der Waals surface area contributed by atoms with Gasteiger partial charge in [-0.25, -0.2) is 4.39 Å². The second-order valence-electron chi connectivity index (χ2n) is 4.52. The van der Waals surface area contributed by atoms with Crippen LogP contribution in [0.3, 0.4) is 0 Å². The van der Waals surface area contributed by atoms with Crippen LogP contribution < -0.4 is 15.8 Å². The van der Waals surface area contributed by atoms with E-state index >= 15 is 0 Å². The number of nitrogens with two attached hydrogens (primary N) is 1. The van der Waals surface area contributed by atoms with Crippen LogP contribution in [0.2, 0.25) is 0 Å². The minimum Gasteiger partial charge on any atom is -0.494 e. The smallest absolute Gasteiger partial charge is 0.144 e. The quantitative estimate of drug-likeness (QED) is 0.846. The average Bonchev–Trinajstić information content (AvgIpc) is 2.78. The van der Waals surface area contributed by atoms with Gasteiger partial charge in [0.2, 0.25) is 0 Å². The molecular weight excluding hydrogens is 219 g/mol. The fourth-order valence-electron chi connectivity index (χ4n) is 2.49. The molecule has 1 aromatic carbocycles. The van der Waals surface area contributed by atoms with Crippen molar-refractivity contribution in [2.45, 2.75) is 25.3 Å². The zero-order chi connectivity index (χ0) is 12.3. The van der Waals surface area contributed by atoms with Gasteiger partial charge in [0, 0.05) is 12.1 Å². The predicted molar refractivity (Wildman–Crippen MR) is 66.8 cm³/mol. The summed E-state index contributed by atoms with van der Waals surface area (Å²) in [6.07, 6.45) is 3.48. The summed E-state index contributed by atoms with van der Waals surface area (Å²) in [5.41, 5.74) is 6.59. The number of hydrogen-bond acceptors (Lipinski definition) is 3. The molecule has 4 heteroatoms. The third-order valence-corrected chi connectivity index (χ3v) is 3.47. The molecule has 1 aromatic rings. The summed E-state index contributed by atoms with van der Waals surface area (Å²) in [4.78, 5) is 0. The number of ether oxygens (including phenoxy) is 1. The highest BCUT2D eigenvalue weighted by Gasteiger charge is 2.26. The maximum atomic E-state index is 13.1. The van der Waals surface area contributed by atoms with Crippen LogP contribution in [-0.2, 0) is 0 Å². The minimum atomic E-state index is -0.283. The second kappa shape index (κ2) is 5.36. The van der Waals surface area contributed by atoms with Crippen LogP contribution in [0.15, 0.2) is 18.2 Å². The van der Waals surface area contributed by atoms with Gasteiger partial charge in [-0.05, 0) is 37.4 Å². The summed E-state index contributed by atoms with van der Waals surface area (Å²) in [5, 5.41) is 3.42. The molecule has 17 heavy (non-hydrogen) atoms. The van der Waals surface area contributed by atoms with Crippen LogP contribution in [0.1, 0.15) is 19.3 Å². The van der Waals surface area contributed by atoms with Crippen molar-refractivity contribution >= 4 is 5.69 Å². The first-order valence-corrected chi connectivity index (χ1v) is 6.04. The minimum absolute atomic E-state index is 0.283. The van der Waals surface area contributed by atoms with Crippen molar-refractivity contribution in [3.63, 3.8) is 0 Å². The van der Waals surface area contributed by atoms with E-state index in [1.54, 1.807) is 13.2 Å². The monoisotopic (exact) mass is 238 g/mol. The molecule has 2 rings (SSSR count). The van der Waals surface area contributed by atoms with Crippen molar-refractivity contribution in [3.05, 3.63) is 24.0 Å². The van der Waals surface area contributed by atoms with Gasteiger partial charge >= 0.3 is 0 Å². The van der Waals surface area contributed by atoms with Crippen molar-refractivity contribution in [1.29, 1.82) is 0 Å². The molecule has 3 N–H and O–H groups in total. The Morgan fingerprint density at radius 2 is 2.29 bits per heavy atom. The van der Waals surface area contributed by atoms with Gasteiger partial charge in [0.05, 0.1) is 12.8 Å². The van der Waals surface area contributed by atoms with Crippen molar-refractivity contribution in [2.75, 3.05) is 19.0 Å². The number of benzene rings is 1. The first-order valence-electron chi connectivity index (χ1n) is 6.04. The SMILES string of the molecule is COc1cc(F)ccc1NC1CCCC1CN. The molecule has 0 saturated heterocycles. The highest BCUT2D eigenvalue weighted by Crippen LogP contribution is 2.32. The standard InChI is InChI=1S/C13H19FN2O/c1-17-13-7-10(14)5-6-12(13)16-11-4-2-3-9(11)8-15/h5-7,9,11,16H,2-4,8,15H2,1H3. The Hall–Kier alpha value is -1.29. The number of rotatable bonds is 4. The lowest BCUT2D eigenvalue weighted by atomic mass is 10.0. The van der Waals surface area contributed by atoms with Crippen LogP contribution in [0.25, 0.3) is 0 Å². The number of hydrogen-bond donors (Lipinski definition) is 2. The van der Waals surface area contributed by atoms with Crippen molar-refractivity contribution in [3.8, 4) is 5.75 Å². The van der Waals surface area contributed by atoms with Crippen LogP contribution >= 0.6 is 0 Å². The Balaban J connectivity index is 2.12. The van der Waals surface area contributed by atoms with Crippen LogP contribution in [0.5, 0.6) is 5.75 Å². The van der Waals surface area contributed by atoms with Crippen molar-refractivity contribution in [1.82, 2.24) is 0 Å². The summed E-state index contributed by atoms with van der Waals surface area (Å²) >= 11 is 0. The molecule has 2 unspecified atom stereocenters. The van der Waals surface area contributed by atoms with Gasteiger partial charge in [-0.15, -0.1) is 0 Å². The van der Waals surface area contributed by atoms with Gasteiger partial charge in [0.15, 0.2) is 0 Å². The van der Waals surface area contributed by atoms with E-state index in [0.717, 1.165) is 18.5 Å². The van der Waals surface area contributed by atoms with Gasteiger partial charge in [-0.1, -0.05) is 6.42 Å². The van der Waals surface area contributed by atoms with Crippen molar-refractivity contribution in [2.24, 2.45) is 11.7 Å². The lowest BCUT2D eigenvalue weighted by Gasteiger charge is -2.22. The molecule has 0 radical (unpaired) electrons. The summed E-state index contributed by atoms with van der Waals surface area (Å²) < 4.78 is 18.2. The molecule has 0 bridgehead atoms. The third-order valence-electron chi connectivity index (χ3n) is 3.47. The number of methoxy groups -OCH3 is 1. The summed E-state index contributed by atoms with van der Waals surface area (Å²) in [7, 11) is 1.55. The Morgan fingerprint density at radius 1 is 1.47 bits per heavy atom. The van der Waals surface area contributed by atoms with Crippen molar-refractivity contribution < 1.29 is 9.13 Å². The second-order valence-corrected chi connectivity index (χ2v) is 4.52. The Labute approximate surface area is 101 Å². The first kappa shape index (κ1) is 12.2. The van der Waals surface area contributed by atoms with Gasteiger partial charge < -0.3 is 15.8 Å².